The van der Waals surface area contributed by atoms with E-state index in [0.29, 0.717) is 11.3 Å². The number of carbonyl (C=O) groups is 2. The van der Waals surface area contributed by atoms with E-state index in [4.69, 9.17) is 10.1 Å². The third-order valence-electron chi connectivity index (χ3n) is 6.09. The molecule has 0 saturated carbocycles. The number of nitrogens with zero attached hydrogens (tertiary/aromatic N) is 1. The number of carbonyl (C=O) groups excluding carboxylic acids is 2. The first-order chi connectivity index (χ1) is 15.5. The van der Waals surface area contributed by atoms with Gasteiger partial charge in [-0.2, -0.15) is 0 Å². The Morgan fingerprint density at radius 3 is 2.67 bits per heavy atom. The number of fused-ring (bicyclic) bond motifs is 1. The van der Waals surface area contributed by atoms with Crippen LogP contribution in [0.25, 0.3) is 0 Å². The van der Waals surface area contributed by atoms with Crippen LogP contribution in [-0.4, -0.2) is 45.0 Å². The van der Waals surface area contributed by atoms with Crippen molar-refractivity contribution in [2.75, 3.05) is 0 Å². The summed E-state index contributed by atoms with van der Waals surface area (Å²) in [5, 5.41) is 25.1. The molecule has 0 unspecified atom stereocenters. The van der Waals surface area contributed by atoms with Crippen LogP contribution in [0, 0.1) is 5.41 Å². The van der Waals surface area contributed by atoms with E-state index < -0.39 is 23.3 Å². The molecule has 8 nitrogen and oxygen atoms in total. The highest BCUT2D eigenvalue weighted by atomic mass is 16.5. The molecule has 2 aliphatic rings. The molecule has 1 fully saturated rings. The number of hydrogen-bond donors (Lipinski definition) is 4. The first-order valence-electron chi connectivity index (χ1n) is 11.0. The zero-order valence-electron chi connectivity index (χ0n) is 19.3. The lowest BCUT2D eigenvalue weighted by Gasteiger charge is -2.42. The quantitative estimate of drug-likeness (QED) is 0.572. The summed E-state index contributed by atoms with van der Waals surface area (Å²) in [5.41, 5.74) is 0.529. The summed E-state index contributed by atoms with van der Waals surface area (Å²) in [6.45, 7) is 7.52. The molecule has 4 rings (SSSR count). The van der Waals surface area contributed by atoms with Crippen molar-refractivity contribution in [2.45, 2.75) is 63.9 Å². The van der Waals surface area contributed by atoms with Crippen LogP contribution in [0.4, 0.5) is 0 Å². The number of nitrogens with one attached hydrogen (secondary N) is 3. The number of amides is 2. The largest absolute Gasteiger partial charge is 0.485 e. The van der Waals surface area contributed by atoms with E-state index in [1.54, 1.807) is 32.0 Å². The summed E-state index contributed by atoms with van der Waals surface area (Å²) in [6.07, 6.45) is -0.660. The predicted octanol–water partition coefficient (Wildman–Crippen LogP) is 2.72. The van der Waals surface area contributed by atoms with Crippen molar-refractivity contribution >= 4 is 17.8 Å². The molecule has 0 bridgehead atoms. The molecule has 4 N–H and O–H groups in total. The minimum Gasteiger partial charge on any atom is -0.485 e. The predicted molar refractivity (Wildman–Crippen MR) is 124 cm³/mol. The van der Waals surface area contributed by atoms with Crippen LogP contribution in [0.5, 0.6) is 5.75 Å². The van der Waals surface area contributed by atoms with Gasteiger partial charge < -0.3 is 20.5 Å². The summed E-state index contributed by atoms with van der Waals surface area (Å²) < 4.78 is 5.92. The molecule has 1 saturated heterocycles. The lowest BCUT2D eigenvalue weighted by atomic mass is 9.86. The molecule has 174 valence electrons. The SMILES string of the molecule is CC1(C)CC(=O)N(Cc2cccc(C(=O)N[C@@H]3c4ccccc4OC(C)(C)[C@H]3O)c2)C(=N)N1. The van der Waals surface area contributed by atoms with Gasteiger partial charge in [0.1, 0.15) is 17.5 Å². The average Bonchev–Trinajstić information content (AvgIpc) is 2.73. The lowest BCUT2D eigenvalue weighted by molar-refractivity contribution is -0.130. The molecule has 8 heteroatoms. The van der Waals surface area contributed by atoms with E-state index in [9.17, 15) is 14.7 Å². The Bertz CT molecular complexity index is 1090. The molecule has 2 amide bonds. The van der Waals surface area contributed by atoms with E-state index in [1.165, 1.54) is 4.90 Å². The number of ether oxygens (including phenoxy) is 1. The molecule has 2 atom stereocenters. The molecule has 2 heterocycles. The summed E-state index contributed by atoms with van der Waals surface area (Å²) in [6, 6.07) is 13.7. The molecule has 33 heavy (non-hydrogen) atoms. The standard InChI is InChI=1S/C25H30N4O4/c1-24(2)13-19(30)29(23(26)28-24)14-15-8-7-9-16(12-15)22(32)27-20-17-10-5-6-11-18(17)33-25(3,4)21(20)31/h5-12,20-21,31H,13-14H2,1-4H3,(H2,26,28)(H,27,32)/t20-,21+/m1/s1. The maximum Gasteiger partial charge on any atom is 0.251 e. The Morgan fingerprint density at radius 2 is 1.94 bits per heavy atom. The maximum absolute atomic E-state index is 13.1. The van der Waals surface area contributed by atoms with E-state index >= 15 is 0 Å². The molecule has 0 aromatic heterocycles. The van der Waals surface area contributed by atoms with E-state index in [1.807, 2.05) is 44.2 Å². The van der Waals surface area contributed by atoms with Crippen molar-refractivity contribution in [3.05, 3.63) is 65.2 Å². The van der Waals surface area contributed by atoms with Crippen LogP contribution in [0.3, 0.4) is 0 Å². The van der Waals surface area contributed by atoms with Gasteiger partial charge in [0, 0.05) is 23.1 Å². The minimum absolute atomic E-state index is 0.0512. The molecular formula is C25H30N4O4. The summed E-state index contributed by atoms with van der Waals surface area (Å²) in [4.78, 5) is 27.1. The Kier molecular flexibility index (Phi) is 5.66. The number of aliphatic hydroxyl groups is 1. The summed E-state index contributed by atoms with van der Waals surface area (Å²) in [7, 11) is 0. The first-order valence-corrected chi connectivity index (χ1v) is 11.0. The van der Waals surface area contributed by atoms with E-state index in [0.717, 1.165) is 11.1 Å². The van der Waals surface area contributed by atoms with Crippen molar-refractivity contribution < 1.29 is 19.4 Å². The first kappa shape index (κ1) is 22.8. The number of guanidine groups is 1. The van der Waals surface area contributed by atoms with Gasteiger partial charge in [-0.3, -0.25) is 19.9 Å². The molecule has 0 radical (unpaired) electrons. The highest BCUT2D eigenvalue weighted by Crippen LogP contribution is 2.39. The normalized spacial score (nSPS) is 23.2. The fourth-order valence-electron chi connectivity index (χ4n) is 4.32. The van der Waals surface area contributed by atoms with Crippen LogP contribution < -0.4 is 15.4 Å². The van der Waals surface area contributed by atoms with Crippen LogP contribution in [0.1, 0.15) is 61.6 Å². The Labute approximate surface area is 193 Å². The smallest absolute Gasteiger partial charge is 0.251 e. The second kappa shape index (κ2) is 8.19. The van der Waals surface area contributed by atoms with E-state index in [-0.39, 0.29) is 30.7 Å². The van der Waals surface area contributed by atoms with Gasteiger partial charge in [0.25, 0.3) is 5.91 Å². The fraction of sp³-hybridized carbons (Fsp3) is 0.400. The third-order valence-corrected chi connectivity index (χ3v) is 6.09. The van der Waals surface area contributed by atoms with Gasteiger partial charge in [-0.15, -0.1) is 0 Å². The minimum atomic E-state index is -0.944. The number of benzene rings is 2. The van der Waals surface area contributed by atoms with Crippen molar-refractivity contribution in [3.8, 4) is 5.75 Å². The second-order valence-corrected chi connectivity index (χ2v) is 9.85. The van der Waals surface area contributed by atoms with Crippen LogP contribution in [0.15, 0.2) is 48.5 Å². The molecule has 2 aliphatic heterocycles. The van der Waals surface area contributed by atoms with Crippen molar-refractivity contribution in [1.29, 1.82) is 5.41 Å². The molecule has 2 aromatic rings. The average molecular weight is 451 g/mol. The molecule has 0 spiro atoms. The van der Waals surface area contributed by atoms with Gasteiger partial charge in [-0.25, -0.2) is 0 Å². The summed E-state index contributed by atoms with van der Waals surface area (Å²) in [5.74, 6) is 0.204. The lowest BCUT2D eigenvalue weighted by Crippen LogP contribution is -2.59. The van der Waals surface area contributed by atoms with Crippen molar-refractivity contribution in [3.63, 3.8) is 0 Å². The van der Waals surface area contributed by atoms with Gasteiger partial charge >= 0.3 is 0 Å². The van der Waals surface area contributed by atoms with Crippen molar-refractivity contribution in [1.82, 2.24) is 15.5 Å². The molecule has 0 aliphatic carbocycles. The summed E-state index contributed by atoms with van der Waals surface area (Å²) >= 11 is 0. The highest BCUT2D eigenvalue weighted by Gasteiger charge is 2.43. The van der Waals surface area contributed by atoms with Gasteiger partial charge in [0.2, 0.25) is 5.91 Å². The van der Waals surface area contributed by atoms with Crippen molar-refractivity contribution in [2.24, 2.45) is 0 Å². The zero-order valence-corrected chi connectivity index (χ0v) is 19.3. The monoisotopic (exact) mass is 450 g/mol. The molecular weight excluding hydrogens is 420 g/mol. The number of hydrogen-bond acceptors (Lipinski definition) is 5. The Hall–Kier alpha value is -3.39. The zero-order chi connectivity index (χ0) is 24.0. The Balaban J connectivity index is 1.53. The topological polar surface area (TPSA) is 115 Å². The number of rotatable bonds is 4. The van der Waals surface area contributed by atoms with Crippen LogP contribution in [0.2, 0.25) is 0 Å². The second-order valence-electron chi connectivity index (χ2n) is 9.85. The molecule has 2 aromatic carbocycles. The maximum atomic E-state index is 13.1. The number of aliphatic hydroxyl groups excluding tert-OH is 1. The fourth-order valence-corrected chi connectivity index (χ4v) is 4.32. The van der Waals surface area contributed by atoms with Gasteiger partial charge in [-0.1, -0.05) is 30.3 Å². The highest BCUT2D eigenvalue weighted by molar-refractivity contribution is 5.99. The van der Waals surface area contributed by atoms with Crippen LogP contribution in [-0.2, 0) is 11.3 Å². The van der Waals surface area contributed by atoms with Gasteiger partial charge in [-0.05, 0) is 51.5 Å². The van der Waals surface area contributed by atoms with Crippen LogP contribution >= 0.6 is 0 Å². The number of para-hydroxylation sites is 1. The van der Waals surface area contributed by atoms with Gasteiger partial charge in [0.05, 0.1) is 12.6 Å². The van der Waals surface area contributed by atoms with Gasteiger partial charge in [0.15, 0.2) is 5.96 Å². The third kappa shape index (κ3) is 4.57. The van der Waals surface area contributed by atoms with E-state index in [2.05, 4.69) is 10.6 Å². The Morgan fingerprint density at radius 1 is 1.21 bits per heavy atom.